The summed E-state index contributed by atoms with van der Waals surface area (Å²) in [4.78, 5) is 18.6. The Morgan fingerprint density at radius 1 is 1.26 bits per heavy atom. The third-order valence-corrected chi connectivity index (χ3v) is 4.12. The highest BCUT2D eigenvalue weighted by molar-refractivity contribution is 6.30. The molecule has 5 heteroatoms. The Morgan fingerprint density at radius 2 is 2.00 bits per heavy atom. The fraction of sp³-hybridized carbons (Fsp3) is 0.333. The first kappa shape index (κ1) is 17.4. The van der Waals surface area contributed by atoms with E-state index >= 15 is 0 Å². The molecule has 0 unspecified atom stereocenters. The van der Waals surface area contributed by atoms with Crippen LogP contribution >= 0.6 is 11.6 Å². The number of nitrogens with one attached hydrogen (secondary N) is 1. The van der Waals surface area contributed by atoms with Crippen molar-refractivity contribution in [1.29, 1.82) is 0 Å². The molecular weight excluding hydrogens is 310 g/mol. The molecule has 0 bridgehead atoms. The van der Waals surface area contributed by atoms with Crippen molar-refractivity contribution in [1.82, 2.24) is 15.2 Å². The molecule has 1 N–H and O–H groups in total. The van der Waals surface area contributed by atoms with Gasteiger partial charge in [-0.05, 0) is 43.8 Å². The standard InChI is InChI=1S/C18H22ClN3O/c1-14(22(2)12-10-17-5-3-4-11-20-17)18(23)21-13-15-6-8-16(19)9-7-15/h3-9,11,14H,10,12-13H2,1-2H3,(H,21,23)/t14-/m0/s1. The molecule has 0 saturated carbocycles. The summed E-state index contributed by atoms with van der Waals surface area (Å²) in [6.07, 6.45) is 2.61. The number of carbonyl (C=O) groups excluding carboxylic acids is 1. The number of amides is 1. The molecular formula is C18H22ClN3O. The van der Waals surface area contributed by atoms with Crippen molar-refractivity contribution >= 4 is 17.5 Å². The Labute approximate surface area is 142 Å². The van der Waals surface area contributed by atoms with Gasteiger partial charge in [-0.2, -0.15) is 0 Å². The molecule has 0 saturated heterocycles. The molecule has 4 nitrogen and oxygen atoms in total. The lowest BCUT2D eigenvalue weighted by Gasteiger charge is -2.23. The van der Waals surface area contributed by atoms with Crippen LogP contribution in [0.25, 0.3) is 0 Å². The van der Waals surface area contributed by atoms with Crippen LogP contribution in [0.2, 0.25) is 5.02 Å². The van der Waals surface area contributed by atoms with E-state index in [1.807, 2.05) is 61.3 Å². The maximum atomic E-state index is 12.2. The maximum absolute atomic E-state index is 12.2. The average molecular weight is 332 g/mol. The minimum Gasteiger partial charge on any atom is -0.351 e. The molecule has 1 aromatic carbocycles. The smallest absolute Gasteiger partial charge is 0.237 e. The van der Waals surface area contributed by atoms with Crippen molar-refractivity contribution in [2.24, 2.45) is 0 Å². The van der Waals surface area contributed by atoms with Crippen molar-refractivity contribution in [3.05, 3.63) is 64.9 Å². The van der Waals surface area contributed by atoms with E-state index in [9.17, 15) is 4.79 Å². The Morgan fingerprint density at radius 3 is 2.65 bits per heavy atom. The highest BCUT2D eigenvalue weighted by Gasteiger charge is 2.17. The van der Waals surface area contributed by atoms with Gasteiger partial charge in [0.15, 0.2) is 0 Å². The minimum absolute atomic E-state index is 0.0171. The van der Waals surface area contributed by atoms with E-state index in [4.69, 9.17) is 11.6 Å². The lowest BCUT2D eigenvalue weighted by Crippen LogP contribution is -2.43. The van der Waals surface area contributed by atoms with E-state index in [0.29, 0.717) is 11.6 Å². The van der Waals surface area contributed by atoms with E-state index in [1.165, 1.54) is 0 Å². The minimum atomic E-state index is -0.189. The molecule has 1 amide bonds. The van der Waals surface area contributed by atoms with Gasteiger partial charge in [0.05, 0.1) is 6.04 Å². The molecule has 0 aliphatic heterocycles. The number of aromatic nitrogens is 1. The maximum Gasteiger partial charge on any atom is 0.237 e. The first-order valence-corrected chi connectivity index (χ1v) is 8.06. The van der Waals surface area contributed by atoms with Gasteiger partial charge in [-0.3, -0.25) is 14.7 Å². The average Bonchev–Trinajstić information content (AvgIpc) is 2.59. The first-order valence-electron chi connectivity index (χ1n) is 7.68. The van der Waals surface area contributed by atoms with Crippen LogP contribution in [0, 0.1) is 0 Å². The SMILES string of the molecule is C[C@@H](C(=O)NCc1ccc(Cl)cc1)N(C)CCc1ccccn1. The molecule has 0 radical (unpaired) electrons. The molecule has 2 aromatic rings. The Kier molecular flexibility index (Phi) is 6.56. The number of rotatable bonds is 7. The van der Waals surface area contributed by atoms with Crippen LogP contribution < -0.4 is 5.32 Å². The monoisotopic (exact) mass is 331 g/mol. The predicted molar refractivity (Wildman–Crippen MR) is 93.3 cm³/mol. The van der Waals surface area contributed by atoms with E-state index in [-0.39, 0.29) is 11.9 Å². The Bertz CT molecular complexity index is 616. The van der Waals surface area contributed by atoms with Gasteiger partial charge < -0.3 is 5.32 Å². The highest BCUT2D eigenvalue weighted by atomic mass is 35.5. The van der Waals surface area contributed by atoms with Crippen molar-refractivity contribution in [3.63, 3.8) is 0 Å². The summed E-state index contributed by atoms with van der Waals surface area (Å²) in [5, 5.41) is 3.65. The van der Waals surface area contributed by atoms with Crippen LogP contribution in [0.1, 0.15) is 18.2 Å². The summed E-state index contributed by atoms with van der Waals surface area (Å²) in [6.45, 7) is 3.20. The Balaban J connectivity index is 1.77. The van der Waals surface area contributed by atoms with Crippen LogP contribution in [0.5, 0.6) is 0 Å². The van der Waals surface area contributed by atoms with E-state index in [1.54, 1.807) is 6.20 Å². The van der Waals surface area contributed by atoms with Gasteiger partial charge in [0, 0.05) is 36.4 Å². The zero-order valence-corrected chi connectivity index (χ0v) is 14.3. The molecule has 1 atom stereocenters. The summed E-state index contributed by atoms with van der Waals surface area (Å²) in [5.74, 6) is 0.0171. The van der Waals surface area contributed by atoms with Crippen molar-refractivity contribution in [3.8, 4) is 0 Å². The summed E-state index contributed by atoms with van der Waals surface area (Å²) in [7, 11) is 1.95. The van der Waals surface area contributed by atoms with Crippen molar-refractivity contribution < 1.29 is 4.79 Å². The molecule has 1 heterocycles. The summed E-state index contributed by atoms with van der Waals surface area (Å²) < 4.78 is 0. The van der Waals surface area contributed by atoms with Gasteiger partial charge in [0.25, 0.3) is 0 Å². The van der Waals surface area contributed by atoms with E-state index < -0.39 is 0 Å². The van der Waals surface area contributed by atoms with Crippen LogP contribution in [0.15, 0.2) is 48.7 Å². The molecule has 23 heavy (non-hydrogen) atoms. The molecule has 0 fully saturated rings. The molecule has 122 valence electrons. The molecule has 2 rings (SSSR count). The number of likely N-dealkylation sites (N-methyl/N-ethyl adjacent to an activating group) is 1. The number of benzene rings is 1. The summed E-state index contributed by atoms with van der Waals surface area (Å²) in [6, 6.07) is 13.2. The van der Waals surface area contributed by atoms with Gasteiger partial charge in [-0.15, -0.1) is 0 Å². The Hall–Kier alpha value is -1.91. The van der Waals surface area contributed by atoms with Gasteiger partial charge >= 0.3 is 0 Å². The fourth-order valence-corrected chi connectivity index (χ4v) is 2.30. The van der Waals surface area contributed by atoms with Gasteiger partial charge in [0.2, 0.25) is 5.91 Å². The van der Waals surface area contributed by atoms with Gasteiger partial charge in [-0.25, -0.2) is 0 Å². The number of hydrogen-bond acceptors (Lipinski definition) is 3. The number of hydrogen-bond donors (Lipinski definition) is 1. The van der Waals surface area contributed by atoms with Gasteiger partial charge in [0.1, 0.15) is 0 Å². The quantitative estimate of drug-likeness (QED) is 0.848. The van der Waals surface area contributed by atoms with Crippen LogP contribution in [-0.4, -0.2) is 35.4 Å². The lowest BCUT2D eigenvalue weighted by atomic mass is 10.2. The highest BCUT2D eigenvalue weighted by Crippen LogP contribution is 2.09. The van der Waals surface area contributed by atoms with Crippen molar-refractivity contribution in [2.45, 2.75) is 25.9 Å². The van der Waals surface area contributed by atoms with Crippen LogP contribution in [0.3, 0.4) is 0 Å². The third-order valence-electron chi connectivity index (χ3n) is 3.87. The predicted octanol–water partition coefficient (Wildman–Crippen LogP) is 2.91. The zero-order chi connectivity index (χ0) is 16.7. The van der Waals surface area contributed by atoms with Crippen LogP contribution in [-0.2, 0) is 17.8 Å². The number of carbonyl (C=O) groups is 1. The van der Waals surface area contributed by atoms with Crippen LogP contribution in [0.4, 0.5) is 0 Å². The normalized spacial score (nSPS) is 12.2. The summed E-state index contributed by atoms with van der Waals surface area (Å²) >= 11 is 5.85. The second-order valence-corrected chi connectivity index (χ2v) is 6.01. The molecule has 0 aliphatic carbocycles. The second kappa shape index (κ2) is 8.65. The topological polar surface area (TPSA) is 45.2 Å². The zero-order valence-electron chi connectivity index (χ0n) is 13.5. The third kappa shape index (κ3) is 5.66. The first-order chi connectivity index (χ1) is 11.1. The molecule has 0 aliphatic rings. The van der Waals surface area contributed by atoms with E-state index in [0.717, 1.165) is 24.2 Å². The number of halogens is 1. The lowest BCUT2D eigenvalue weighted by molar-refractivity contribution is -0.125. The van der Waals surface area contributed by atoms with Gasteiger partial charge in [-0.1, -0.05) is 29.8 Å². The van der Waals surface area contributed by atoms with E-state index in [2.05, 4.69) is 10.3 Å². The molecule has 1 aromatic heterocycles. The number of nitrogens with zero attached hydrogens (tertiary/aromatic N) is 2. The molecule has 0 spiro atoms. The fourth-order valence-electron chi connectivity index (χ4n) is 2.17. The van der Waals surface area contributed by atoms with Crippen molar-refractivity contribution in [2.75, 3.05) is 13.6 Å². The number of pyridine rings is 1. The largest absolute Gasteiger partial charge is 0.351 e. The second-order valence-electron chi connectivity index (χ2n) is 5.57. The summed E-state index contributed by atoms with van der Waals surface area (Å²) in [5.41, 5.74) is 2.07.